The Morgan fingerprint density at radius 2 is 1.25 bits per heavy atom. The Hall–Kier alpha value is -1.56. The summed E-state index contributed by atoms with van der Waals surface area (Å²) in [5.74, 6) is -14.9. The second-order valence-electron chi connectivity index (χ2n) is 4.66. The van der Waals surface area contributed by atoms with E-state index in [-0.39, 0.29) is 0 Å². The minimum Gasteiger partial charge on any atom is -0.478 e. The van der Waals surface area contributed by atoms with Crippen molar-refractivity contribution >= 4 is 5.97 Å². The van der Waals surface area contributed by atoms with E-state index in [1.807, 2.05) is 0 Å². The van der Waals surface area contributed by atoms with Gasteiger partial charge in [-0.05, 0) is 13.3 Å². The quantitative estimate of drug-likeness (QED) is 0.524. The Labute approximate surface area is 126 Å². The van der Waals surface area contributed by atoms with Gasteiger partial charge in [-0.15, -0.1) is 0 Å². The highest BCUT2D eigenvalue weighted by atomic mass is 19.4. The molecule has 24 heavy (non-hydrogen) atoms. The van der Waals surface area contributed by atoms with Crippen molar-refractivity contribution in [1.82, 2.24) is 0 Å². The molecule has 0 aromatic rings. The van der Waals surface area contributed by atoms with Crippen molar-refractivity contribution < 1.29 is 58.2 Å². The van der Waals surface area contributed by atoms with E-state index >= 15 is 0 Å². The van der Waals surface area contributed by atoms with Crippen LogP contribution in [0.1, 0.15) is 19.8 Å². The standard InChI is InChI=1S/C11H9F11O2/c1-5(6(23)24)3-2-4-7(12,13)9(15,16)8(14,10(17,18)19)11(20,21)22/h3H,2,4H2,1H3,(H,23,24). The van der Waals surface area contributed by atoms with Gasteiger partial charge in [0.05, 0.1) is 0 Å². The number of allylic oxidation sites excluding steroid dienone is 1. The van der Waals surface area contributed by atoms with Crippen LogP contribution in [0.2, 0.25) is 0 Å². The van der Waals surface area contributed by atoms with Gasteiger partial charge < -0.3 is 5.11 Å². The topological polar surface area (TPSA) is 37.3 Å². The molecule has 0 radical (unpaired) electrons. The zero-order valence-electron chi connectivity index (χ0n) is 11.5. The third-order valence-electron chi connectivity index (χ3n) is 2.92. The molecule has 0 fully saturated rings. The Morgan fingerprint density at radius 1 is 0.875 bits per heavy atom. The van der Waals surface area contributed by atoms with Gasteiger partial charge in [0.25, 0.3) is 0 Å². The molecule has 1 N–H and O–H groups in total. The largest absolute Gasteiger partial charge is 0.478 e. The van der Waals surface area contributed by atoms with Crippen LogP contribution < -0.4 is 0 Å². The first-order chi connectivity index (χ1) is 10.3. The molecule has 0 aromatic carbocycles. The van der Waals surface area contributed by atoms with Crippen molar-refractivity contribution in [3.05, 3.63) is 11.6 Å². The summed E-state index contributed by atoms with van der Waals surface area (Å²) in [6.45, 7) is 0.809. The summed E-state index contributed by atoms with van der Waals surface area (Å²) in [6, 6.07) is 0. The lowest BCUT2D eigenvalue weighted by Gasteiger charge is -2.39. The Morgan fingerprint density at radius 3 is 1.54 bits per heavy atom. The van der Waals surface area contributed by atoms with Gasteiger partial charge in [0, 0.05) is 12.0 Å². The number of carboxylic acid groups (broad SMARTS) is 1. The lowest BCUT2D eigenvalue weighted by atomic mass is 9.88. The zero-order valence-corrected chi connectivity index (χ0v) is 11.5. The summed E-state index contributed by atoms with van der Waals surface area (Å²) in [7, 11) is 0. The minimum absolute atomic E-state index is 0.368. The number of halogens is 11. The molecule has 0 spiro atoms. The van der Waals surface area contributed by atoms with Gasteiger partial charge in [-0.3, -0.25) is 0 Å². The first-order valence-corrected chi connectivity index (χ1v) is 5.81. The summed E-state index contributed by atoms with van der Waals surface area (Å²) in [4.78, 5) is 10.3. The van der Waals surface area contributed by atoms with Gasteiger partial charge >= 0.3 is 35.8 Å². The molecule has 0 bridgehead atoms. The van der Waals surface area contributed by atoms with Crippen molar-refractivity contribution in [2.45, 2.75) is 49.6 Å². The highest BCUT2D eigenvalue weighted by Gasteiger charge is 2.89. The van der Waals surface area contributed by atoms with Gasteiger partial charge in [-0.2, -0.15) is 43.9 Å². The first-order valence-electron chi connectivity index (χ1n) is 5.81. The van der Waals surface area contributed by atoms with Crippen molar-refractivity contribution in [2.24, 2.45) is 0 Å². The van der Waals surface area contributed by atoms with Crippen LogP contribution >= 0.6 is 0 Å². The van der Waals surface area contributed by atoms with E-state index in [1.54, 1.807) is 0 Å². The number of hydrogen-bond acceptors (Lipinski definition) is 1. The molecule has 0 amide bonds. The summed E-state index contributed by atoms with van der Waals surface area (Å²) in [5.41, 5.74) is -8.16. The predicted molar refractivity (Wildman–Crippen MR) is 56.5 cm³/mol. The fraction of sp³-hybridized carbons (Fsp3) is 0.727. The number of carboxylic acids is 1. The van der Waals surface area contributed by atoms with E-state index in [4.69, 9.17) is 5.11 Å². The molecule has 0 unspecified atom stereocenters. The van der Waals surface area contributed by atoms with Gasteiger partial charge in [0.2, 0.25) is 0 Å². The number of alkyl halides is 11. The van der Waals surface area contributed by atoms with E-state index in [0.29, 0.717) is 6.08 Å². The molecule has 142 valence electrons. The van der Waals surface area contributed by atoms with E-state index in [1.165, 1.54) is 0 Å². The van der Waals surface area contributed by atoms with Gasteiger partial charge in [0.1, 0.15) is 0 Å². The van der Waals surface area contributed by atoms with E-state index in [9.17, 15) is 53.1 Å². The van der Waals surface area contributed by atoms with Crippen LogP contribution in [-0.4, -0.2) is 40.9 Å². The van der Waals surface area contributed by atoms with Gasteiger partial charge in [0.15, 0.2) is 0 Å². The second-order valence-corrected chi connectivity index (χ2v) is 4.66. The maximum Gasteiger partial charge on any atom is 0.438 e. The van der Waals surface area contributed by atoms with Crippen LogP contribution in [0.25, 0.3) is 0 Å². The van der Waals surface area contributed by atoms with E-state index in [2.05, 4.69) is 0 Å². The molecule has 0 saturated heterocycles. The molecule has 0 aromatic heterocycles. The van der Waals surface area contributed by atoms with Crippen LogP contribution in [0, 0.1) is 0 Å². The second kappa shape index (κ2) is 6.39. The number of carbonyl (C=O) groups is 1. The summed E-state index contributed by atoms with van der Waals surface area (Å²) < 4.78 is 139. The Kier molecular flexibility index (Phi) is 5.97. The van der Waals surface area contributed by atoms with Crippen LogP contribution in [0.4, 0.5) is 48.3 Å². The predicted octanol–water partition coefficient (Wildman–Crippen LogP) is 4.90. The Balaban J connectivity index is 5.81. The molecule has 0 rings (SSSR count). The highest BCUT2D eigenvalue weighted by Crippen LogP contribution is 2.59. The normalized spacial score (nSPS) is 15.6. The number of rotatable bonds is 6. The van der Waals surface area contributed by atoms with Crippen molar-refractivity contribution in [3.63, 3.8) is 0 Å². The molecule has 0 saturated carbocycles. The molecular weight excluding hydrogens is 373 g/mol. The average molecular weight is 382 g/mol. The molecule has 0 aliphatic rings. The molecule has 0 aliphatic carbocycles. The maximum atomic E-state index is 13.2. The SMILES string of the molecule is CC(=CCCC(F)(F)C(F)(F)C(F)(C(F)(F)F)C(F)(F)F)C(=O)O. The van der Waals surface area contributed by atoms with Crippen molar-refractivity contribution in [1.29, 1.82) is 0 Å². The Bertz CT molecular complexity index is 487. The molecule has 0 heterocycles. The maximum absolute atomic E-state index is 13.2. The third kappa shape index (κ3) is 3.74. The lowest BCUT2D eigenvalue weighted by Crippen LogP contribution is -2.70. The fourth-order valence-corrected chi connectivity index (χ4v) is 1.48. The molecule has 2 nitrogen and oxygen atoms in total. The van der Waals surface area contributed by atoms with Crippen molar-refractivity contribution in [3.8, 4) is 0 Å². The highest BCUT2D eigenvalue weighted by molar-refractivity contribution is 5.85. The van der Waals surface area contributed by atoms with Crippen LogP contribution in [0.3, 0.4) is 0 Å². The summed E-state index contributed by atoms with van der Waals surface area (Å²) >= 11 is 0. The summed E-state index contributed by atoms with van der Waals surface area (Å²) in [5, 5.41) is 8.35. The summed E-state index contributed by atoms with van der Waals surface area (Å²) in [6.07, 6.45) is -18.0. The first kappa shape index (κ1) is 22.4. The van der Waals surface area contributed by atoms with Crippen LogP contribution in [0.5, 0.6) is 0 Å². The zero-order chi connectivity index (χ0) is 19.8. The molecule has 13 heteroatoms. The van der Waals surface area contributed by atoms with E-state index in [0.717, 1.165) is 6.92 Å². The number of hydrogen-bond donors (Lipinski definition) is 1. The molecule has 0 atom stereocenters. The fourth-order valence-electron chi connectivity index (χ4n) is 1.48. The van der Waals surface area contributed by atoms with Gasteiger partial charge in [-0.1, -0.05) is 6.08 Å². The van der Waals surface area contributed by atoms with Crippen LogP contribution in [-0.2, 0) is 4.79 Å². The number of aliphatic carboxylic acids is 1. The average Bonchev–Trinajstić information content (AvgIpc) is 2.33. The van der Waals surface area contributed by atoms with Crippen molar-refractivity contribution in [2.75, 3.05) is 0 Å². The van der Waals surface area contributed by atoms with Gasteiger partial charge in [-0.25, -0.2) is 9.18 Å². The minimum atomic E-state index is -7.48. The molecular formula is C11H9F11O2. The molecule has 0 aliphatic heterocycles. The lowest BCUT2D eigenvalue weighted by molar-refractivity contribution is -0.426. The monoisotopic (exact) mass is 382 g/mol. The smallest absolute Gasteiger partial charge is 0.438 e. The van der Waals surface area contributed by atoms with Crippen LogP contribution in [0.15, 0.2) is 11.6 Å². The third-order valence-corrected chi connectivity index (χ3v) is 2.92. The van der Waals surface area contributed by atoms with E-state index < -0.39 is 54.3 Å².